The Morgan fingerprint density at radius 1 is 1.62 bits per heavy atom. The van der Waals surface area contributed by atoms with Crippen LogP contribution in [0.1, 0.15) is 31.4 Å². The fourth-order valence-electron chi connectivity index (χ4n) is 1.50. The number of hydrazine groups is 1. The average molecular weight is 395 g/mol. The molecular weight excluding hydrogens is 379 g/mol. The quantitative estimate of drug-likeness (QED) is 0.344. The molecule has 0 heterocycles. The third kappa shape index (κ3) is 4.16. The van der Waals surface area contributed by atoms with Crippen LogP contribution < -0.4 is 11.3 Å². The Kier molecular flexibility index (Phi) is 5.96. The van der Waals surface area contributed by atoms with Crippen LogP contribution >= 0.6 is 38.5 Å². The van der Waals surface area contributed by atoms with Gasteiger partial charge in [-0.2, -0.15) is 0 Å². The van der Waals surface area contributed by atoms with E-state index in [0.29, 0.717) is 0 Å². The topological polar surface area (TPSA) is 38.0 Å². The molecule has 1 unspecified atom stereocenters. The van der Waals surface area contributed by atoms with Crippen LogP contribution in [-0.2, 0) is 0 Å². The van der Waals surface area contributed by atoms with Crippen molar-refractivity contribution < 1.29 is 0 Å². The fourth-order valence-corrected chi connectivity index (χ4v) is 2.54. The summed E-state index contributed by atoms with van der Waals surface area (Å²) >= 11 is 5.86. The number of hydrogen-bond donors (Lipinski definition) is 2. The predicted molar refractivity (Wildman–Crippen MR) is 81.0 cm³/mol. The van der Waals surface area contributed by atoms with Gasteiger partial charge in [0.2, 0.25) is 0 Å². The molecule has 1 atom stereocenters. The number of rotatable bonds is 5. The molecule has 0 fully saturated rings. The summed E-state index contributed by atoms with van der Waals surface area (Å²) in [5, 5.41) is 0. The summed E-state index contributed by atoms with van der Waals surface area (Å²) in [6.45, 7) is 5.95. The van der Waals surface area contributed by atoms with Gasteiger partial charge in [-0.05, 0) is 66.1 Å². The summed E-state index contributed by atoms with van der Waals surface area (Å²) in [5.74, 6) is 5.61. The highest BCUT2D eigenvalue weighted by Gasteiger charge is 2.13. The Hall–Kier alpha value is 0.0900. The van der Waals surface area contributed by atoms with E-state index in [9.17, 15) is 0 Å². The van der Waals surface area contributed by atoms with Crippen LogP contribution in [0.2, 0.25) is 0 Å². The second kappa shape index (κ2) is 6.74. The minimum atomic E-state index is 0.167. The zero-order chi connectivity index (χ0) is 12.1. The molecule has 0 aromatic heterocycles. The van der Waals surface area contributed by atoms with Crippen molar-refractivity contribution in [2.75, 3.05) is 0 Å². The SMILES string of the molecule is C=C(C)CCC(NN)c1cc(I)ccc1Br. The number of benzene rings is 1. The summed E-state index contributed by atoms with van der Waals surface area (Å²) in [6.07, 6.45) is 1.94. The molecule has 1 rings (SSSR count). The van der Waals surface area contributed by atoms with Crippen LogP contribution in [0.15, 0.2) is 34.8 Å². The standard InChI is InChI=1S/C12H16BrIN2/c1-8(2)3-6-12(16-15)10-7-9(14)4-5-11(10)13/h4-5,7,12,16H,1,3,6,15H2,2H3. The lowest BCUT2D eigenvalue weighted by Gasteiger charge is -2.18. The summed E-state index contributed by atoms with van der Waals surface area (Å²) in [4.78, 5) is 0. The molecule has 0 aliphatic heterocycles. The lowest BCUT2D eigenvalue weighted by Crippen LogP contribution is -2.28. The van der Waals surface area contributed by atoms with Crippen molar-refractivity contribution in [1.29, 1.82) is 0 Å². The van der Waals surface area contributed by atoms with Crippen molar-refractivity contribution in [2.45, 2.75) is 25.8 Å². The van der Waals surface area contributed by atoms with E-state index in [0.717, 1.165) is 17.3 Å². The van der Waals surface area contributed by atoms with Crippen LogP contribution in [0.25, 0.3) is 0 Å². The molecule has 0 radical (unpaired) electrons. The molecule has 0 spiro atoms. The van der Waals surface area contributed by atoms with E-state index < -0.39 is 0 Å². The molecule has 0 aliphatic rings. The van der Waals surface area contributed by atoms with Crippen LogP contribution in [0.5, 0.6) is 0 Å². The normalized spacial score (nSPS) is 12.5. The first-order valence-corrected chi connectivity index (χ1v) is 6.97. The first-order chi connectivity index (χ1) is 7.54. The van der Waals surface area contributed by atoms with E-state index in [2.05, 4.69) is 68.7 Å². The van der Waals surface area contributed by atoms with E-state index in [-0.39, 0.29) is 6.04 Å². The summed E-state index contributed by atoms with van der Waals surface area (Å²) in [5.41, 5.74) is 5.25. The van der Waals surface area contributed by atoms with Crippen molar-refractivity contribution in [1.82, 2.24) is 5.43 Å². The van der Waals surface area contributed by atoms with Gasteiger partial charge in [0.1, 0.15) is 0 Å². The van der Waals surface area contributed by atoms with Gasteiger partial charge in [-0.1, -0.05) is 21.5 Å². The van der Waals surface area contributed by atoms with Gasteiger partial charge in [-0.25, -0.2) is 0 Å². The molecule has 16 heavy (non-hydrogen) atoms. The molecule has 0 amide bonds. The van der Waals surface area contributed by atoms with Crippen molar-refractivity contribution in [3.05, 3.63) is 44.0 Å². The van der Waals surface area contributed by atoms with E-state index in [1.54, 1.807) is 0 Å². The second-order valence-corrected chi connectivity index (χ2v) is 5.98. The van der Waals surface area contributed by atoms with E-state index in [4.69, 9.17) is 5.84 Å². The Morgan fingerprint density at radius 3 is 2.88 bits per heavy atom. The number of allylic oxidation sites excluding steroid dienone is 1. The molecule has 0 bridgehead atoms. The van der Waals surface area contributed by atoms with Crippen molar-refractivity contribution >= 4 is 38.5 Å². The highest BCUT2D eigenvalue weighted by Crippen LogP contribution is 2.28. The maximum absolute atomic E-state index is 5.61. The Bertz CT molecular complexity index is 379. The number of hydrogen-bond acceptors (Lipinski definition) is 2. The molecule has 3 N–H and O–H groups in total. The largest absolute Gasteiger partial charge is 0.271 e. The van der Waals surface area contributed by atoms with Crippen LogP contribution in [0.4, 0.5) is 0 Å². The molecule has 4 heteroatoms. The maximum atomic E-state index is 5.61. The molecule has 0 saturated carbocycles. The van der Waals surface area contributed by atoms with Gasteiger partial charge in [0.15, 0.2) is 0 Å². The van der Waals surface area contributed by atoms with Gasteiger partial charge in [0.05, 0.1) is 0 Å². The molecule has 0 aliphatic carbocycles. The van der Waals surface area contributed by atoms with E-state index in [1.807, 2.05) is 6.92 Å². The highest BCUT2D eigenvalue weighted by molar-refractivity contribution is 14.1. The zero-order valence-electron chi connectivity index (χ0n) is 9.26. The van der Waals surface area contributed by atoms with Crippen molar-refractivity contribution in [3.63, 3.8) is 0 Å². The third-order valence-electron chi connectivity index (χ3n) is 2.39. The Labute approximate surface area is 119 Å². The van der Waals surface area contributed by atoms with Gasteiger partial charge in [0.25, 0.3) is 0 Å². The second-order valence-electron chi connectivity index (χ2n) is 3.88. The first-order valence-electron chi connectivity index (χ1n) is 5.10. The smallest absolute Gasteiger partial charge is 0.0474 e. The first kappa shape index (κ1) is 14.2. The van der Waals surface area contributed by atoms with E-state index in [1.165, 1.54) is 14.7 Å². The van der Waals surface area contributed by atoms with Gasteiger partial charge in [0, 0.05) is 14.1 Å². The lowest BCUT2D eigenvalue weighted by atomic mass is 10.0. The molecule has 1 aromatic carbocycles. The third-order valence-corrected chi connectivity index (χ3v) is 3.79. The molecule has 0 saturated heterocycles. The lowest BCUT2D eigenvalue weighted by molar-refractivity contribution is 0.514. The Balaban J connectivity index is 2.85. The number of halogens is 2. The Morgan fingerprint density at radius 2 is 2.31 bits per heavy atom. The number of nitrogens with one attached hydrogen (secondary N) is 1. The number of nitrogens with two attached hydrogens (primary N) is 1. The molecule has 1 aromatic rings. The highest BCUT2D eigenvalue weighted by atomic mass is 127. The fraction of sp³-hybridized carbons (Fsp3) is 0.333. The molecule has 2 nitrogen and oxygen atoms in total. The maximum Gasteiger partial charge on any atom is 0.0474 e. The van der Waals surface area contributed by atoms with Crippen LogP contribution in [0.3, 0.4) is 0 Å². The molecular formula is C12H16BrIN2. The van der Waals surface area contributed by atoms with E-state index >= 15 is 0 Å². The van der Waals surface area contributed by atoms with Gasteiger partial charge in [-0.15, -0.1) is 6.58 Å². The summed E-state index contributed by atoms with van der Waals surface area (Å²) in [7, 11) is 0. The van der Waals surface area contributed by atoms with Gasteiger partial charge in [-0.3, -0.25) is 11.3 Å². The van der Waals surface area contributed by atoms with Crippen LogP contribution in [0, 0.1) is 3.57 Å². The minimum Gasteiger partial charge on any atom is -0.271 e. The monoisotopic (exact) mass is 394 g/mol. The minimum absolute atomic E-state index is 0.167. The summed E-state index contributed by atoms with van der Waals surface area (Å²) < 4.78 is 2.31. The average Bonchev–Trinajstić information content (AvgIpc) is 2.23. The van der Waals surface area contributed by atoms with Crippen LogP contribution in [-0.4, -0.2) is 0 Å². The van der Waals surface area contributed by atoms with Crippen molar-refractivity contribution in [3.8, 4) is 0 Å². The molecule has 88 valence electrons. The van der Waals surface area contributed by atoms with Gasteiger partial charge < -0.3 is 0 Å². The predicted octanol–water partition coefficient (Wildman–Crippen LogP) is 3.91. The van der Waals surface area contributed by atoms with Crippen molar-refractivity contribution in [2.24, 2.45) is 5.84 Å². The summed E-state index contributed by atoms with van der Waals surface area (Å²) in [6, 6.07) is 6.44. The zero-order valence-corrected chi connectivity index (χ0v) is 13.0. The van der Waals surface area contributed by atoms with Gasteiger partial charge >= 0.3 is 0 Å².